The first-order chi connectivity index (χ1) is 9.66. The summed E-state index contributed by atoms with van der Waals surface area (Å²) in [6.07, 6.45) is 3.26. The first-order valence-electron chi connectivity index (χ1n) is 6.75. The summed E-state index contributed by atoms with van der Waals surface area (Å²) in [4.78, 5) is 12.5. The maximum atomic E-state index is 13.7. The molecule has 0 atom stereocenters. The summed E-state index contributed by atoms with van der Waals surface area (Å²) >= 11 is 0. The smallest absolute Gasteiger partial charge is 0.196 e. The molecule has 0 bridgehead atoms. The maximum Gasteiger partial charge on any atom is 0.196 e. The number of rotatable bonds is 3. The van der Waals surface area contributed by atoms with Gasteiger partial charge in [0.1, 0.15) is 11.6 Å². The van der Waals surface area contributed by atoms with Crippen molar-refractivity contribution in [1.29, 1.82) is 0 Å². The lowest BCUT2D eigenvalue weighted by Crippen LogP contribution is -2.15. The fraction of sp³-hybridized carbons (Fsp3) is 0.235. The minimum atomic E-state index is -0.681. The van der Waals surface area contributed by atoms with Gasteiger partial charge in [0.15, 0.2) is 5.78 Å². The molecule has 0 saturated heterocycles. The Labute approximate surface area is 116 Å². The molecule has 1 fully saturated rings. The largest absolute Gasteiger partial charge is 0.288 e. The highest BCUT2D eigenvalue weighted by atomic mass is 19.1. The Morgan fingerprint density at radius 2 is 1.75 bits per heavy atom. The topological polar surface area (TPSA) is 17.1 Å². The molecule has 1 aliphatic carbocycles. The van der Waals surface area contributed by atoms with E-state index < -0.39 is 17.4 Å². The minimum absolute atomic E-state index is 0.197. The van der Waals surface area contributed by atoms with Gasteiger partial charge >= 0.3 is 0 Å². The van der Waals surface area contributed by atoms with Crippen LogP contribution in [0, 0.1) is 11.6 Å². The molecule has 3 heteroatoms. The highest BCUT2D eigenvalue weighted by Gasteiger charge is 2.25. The van der Waals surface area contributed by atoms with Crippen molar-refractivity contribution in [3.8, 4) is 0 Å². The molecule has 0 radical (unpaired) electrons. The molecule has 0 spiro atoms. The monoisotopic (exact) mass is 272 g/mol. The zero-order valence-corrected chi connectivity index (χ0v) is 10.9. The van der Waals surface area contributed by atoms with E-state index in [9.17, 15) is 13.6 Å². The molecule has 1 aliphatic rings. The molecule has 2 aromatic carbocycles. The second kappa shape index (κ2) is 5.16. The second-order valence-electron chi connectivity index (χ2n) is 5.17. The first kappa shape index (κ1) is 13.0. The van der Waals surface area contributed by atoms with E-state index in [-0.39, 0.29) is 5.56 Å². The van der Waals surface area contributed by atoms with Crippen LogP contribution in [-0.2, 0) is 0 Å². The first-order valence-corrected chi connectivity index (χ1v) is 6.75. The number of hydrogen-bond donors (Lipinski definition) is 0. The van der Waals surface area contributed by atoms with Crippen LogP contribution in [0.5, 0.6) is 0 Å². The average molecular weight is 272 g/mol. The van der Waals surface area contributed by atoms with E-state index in [0.717, 1.165) is 43.0 Å². The van der Waals surface area contributed by atoms with Crippen LogP contribution in [0.25, 0.3) is 0 Å². The van der Waals surface area contributed by atoms with E-state index in [1.54, 1.807) is 12.1 Å². The Kier molecular flexibility index (Phi) is 3.35. The van der Waals surface area contributed by atoms with Gasteiger partial charge in [-0.2, -0.15) is 0 Å². The summed E-state index contributed by atoms with van der Waals surface area (Å²) in [6.45, 7) is 0. The van der Waals surface area contributed by atoms with Gasteiger partial charge in [0.2, 0.25) is 0 Å². The molecule has 1 nitrogen and oxygen atoms in total. The van der Waals surface area contributed by atoms with Crippen LogP contribution in [0.3, 0.4) is 0 Å². The molecule has 102 valence electrons. The number of ketones is 1. The fourth-order valence-electron chi connectivity index (χ4n) is 2.60. The Hall–Kier alpha value is -2.03. The third-order valence-electron chi connectivity index (χ3n) is 3.92. The van der Waals surface area contributed by atoms with Gasteiger partial charge in [0.25, 0.3) is 0 Å². The summed E-state index contributed by atoms with van der Waals surface area (Å²) in [5, 5.41) is 0. The molecule has 0 amide bonds. The summed E-state index contributed by atoms with van der Waals surface area (Å²) in [6, 6.07) is 10.2. The average Bonchev–Trinajstić information content (AvgIpc) is 2.39. The van der Waals surface area contributed by atoms with Gasteiger partial charge in [0, 0.05) is 5.56 Å². The predicted octanol–water partition coefficient (Wildman–Crippen LogP) is 4.46. The van der Waals surface area contributed by atoms with E-state index in [1.807, 2.05) is 12.1 Å². The van der Waals surface area contributed by atoms with Crippen molar-refractivity contribution in [2.75, 3.05) is 0 Å². The van der Waals surface area contributed by atoms with Crippen LogP contribution in [0.1, 0.15) is 46.7 Å². The third kappa shape index (κ3) is 2.24. The normalized spacial score (nSPS) is 14.9. The van der Waals surface area contributed by atoms with Gasteiger partial charge in [-0.3, -0.25) is 4.79 Å². The van der Waals surface area contributed by atoms with Crippen LogP contribution < -0.4 is 0 Å². The minimum Gasteiger partial charge on any atom is -0.288 e. The summed E-state index contributed by atoms with van der Waals surface area (Å²) in [5.41, 5.74) is 1.24. The van der Waals surface area contributed by atoms with Crippen LogP contribution in [0.2, 0.25) is 0 Å². The highest BCUT2D eigenvalue weighted by Crippen LogP contribution is 2.38. The number of carbonyl (C=O) groups excluding carboxylic acids is 1. The van der Waals surface area contributed by atoms with Crippen molar-refractivity contribution < 1.29 is 13.6 Å². The SMILES string of the molecule is O=C(c1cc(F)ccc1F)c1ccccc1C1CCC1. The van der Waals surface area contributed by atoms with Crippen molar-refractivity contribution in [2.45, 2.75) is 25.2 Å². The lowest BCUT2D eigenvalue weighted by Gasteiger charge is -2.27. The molecular formula is C17H14F2O. The molecule has 0 aromatic heterocycles. The molecule has 20 heavy (non-hydrogen) atoms. The number of carbonyl (C=O) groups is 1. The Bertz CT molecular complexity index is 660. The summed E-state index contributed by atoms with van der Waals surface area (Å²) < 4.78 is 27.0. The van der Waals surface area contributed by atoms with E-state index in [2.05, 4.69) is 0 Å². The second-order valence-corrected chi connectivity index (χ2v) is 5.17. The third-order valence-corrected chi connectivity index (χ3v) is 3.92. The summed E-state index contributed by atoms with van der Waals surface area (Å²) in [5.74, 6) is -1.35. The number of benzene rings is 2. The molecule has 0 unspecified atom stereocenters. The zero-order chi connectivity index (χ0) is 14.1. The molecule has 2 aromatic rings. The van der Waals surface area contributed by atoms with Crippen LogP contribution >= 0.6 is 0 Å². The van der Waals surface area contributed by atoms with E-state index >= 15 is 0 Å². The van der Waals surface area contributed by atoms with E-state index in [0.29, 0.717) is 11.5 Å². The molecule has 0 aliphatic heterocycles. The fourth-order valence-corrected chi connectivity index (χ4v) is 2.60. The molecule has 1 saturated carbocycles. The Morgan fingerprint density at radius 1 is 1.00 bits per heavy atom. The molecule has 0 N–H and O–H groups in total. The molecule has 3 rings (SSSR count). The van der Waals surface area contributed by atoms with Crippen molar-refractivity contribution >= 4 is 5.78 Å². The van der Waals surface area contributed by atoms with Gasteiger partial charge in [0.05, 0.1) is 5.56 Å². The highest BCUT2D eigenvalue weighted by molar-refractivity contribution is 6.10. The van der Waals surface area contributed by atoms with Gasteiger partial charge in [-0.15, -0.1) is 0 Å². The quantitative estimate of drug-likeness (QED) is 0.754. The van der Waals surface area contributed by atoms with Crippen molar-refractivity contribution in [3.05, 3.63) is 70.8 Å². The van der Waals surface area contributed by atoms with Gasteiger partial charge < -0.3 is 0 Å². The Balaban J connectivity index is 2.04. The lowest BCUT2D eigenvalue weighted by atomic mass is 9.77. The zero-order valence-electron chi connectivity index (χ0n) is 10.9. The van der Waals surface area contributed by atoms with Crippen molar-refractivity contribution in [3.63, 3.8) is 0 Å². The Morgan fingerprint density at radius 3 is 2.45 bits per heavy atom. The predicted molar refractivity (Wildman–Crippen MR) is 72.8 cm³/mol. The van der Waals surface area contributed by atoms with E-state index in [1.165, 1.54) is 0 Å². The van der Waals surface area contributed by atoms with Crippen LogP contribution in [0.15, 0.2) is 42.5 Å². The van der Waals surface area contributed by atoms with Crippen LogP contribution in [-0.4, -0.2) is 5.78 Å². The standard InChI is InChI=1S/C17H14F2O/c18-12-8-9-16(19)15(10-12)17(20)14-7-2-1-6-13(14)11-4-3-5-11/h1-2,6-11H,3-5H2. The number of hydrogen-bond acceptors (Lipinski definition) is 1. The maximum absolute atomic E-state index is 13.7. The van der Waals surface area contributed by atoms with Gasteiger partial charge in [-0.05, 0) is 42.5 Å². The summed E-state index contributed by atoms with van der Waals surface area (Å²) in [7, 11) is 0. The van der Waals surface area contributed by atoms with E-state index in [4.69, 9.17) is 0 Å². The lowest BCUT2D eigenvalue weighted by molar-refractivity contribution is 0.103. The van der Waals surface area contributed by atoms with Gasteiger partial charge in [-0.1, -0.05) is 30.7 Å². The van der Waals surface area contributed by atoms with Crippen molar-refractivity contribution in [1.82, 2.24) is 0 Å². The number of halogens is 2. The van der Waals surface area contributed by atoms with Gasteiger partial charge in [-0.25, -0.2) is 8.78 Å². The molecular weight excluding hydrogens is 258 g/mol. The molecule has 0 heterocycles. The van der Waals surface area contributed by atoms with Crippen LogP contribution in [0.4, 0.5) is 8.78 Å². The van der Waals surface area contributed by atoms with Crippen molar-refractivity contribution in [2.24, 2.45) is 0 Å².